The van der Waals surface area contributed by atoms with E-state index in [0.717, 1.165) is 15.8 Å². The van der Waals surface area contributed by atoms with Gasteiger partial charge in [-0.15, -0.1) is 0 Å². The molecule has 1 N–H and O–H groups in total. The topological polar surface area (TPSA) is 51.1 Å². The van der Waals surface area contributed by atoms with Crippen LogP contribution in [0, 0.1) is 6.92 Å². The first kappa shape index (κ1) is 11.6. The Bertz CT molecular complexity index is 667. The van der Waals surface area contributed by atoms with Crippen molar-refractivity contribution in [2.45, 2.75) is 6.92 Å². The second-order valence-corrected chi connectivity index (χ2v) is 4.75. The molecule has 0 aliphatic rings. The van der Waals surface area contributed by atoms with Crippen LogP contribution in [0.3, 0.4) is 0 Å². The normalized spacial score (nSPS) is 10.5. The number of aryl methyl sites for hydroxylation is 2. The summed E-state index contributed by atoms with van der Waals surface area (Å²) < 4.78 is 2.47. The Kier molecular flexibility index (Phi) is 2.85. The minimum Gasteiger partial charge on any atom is -0.322 e. The van der Waals surface area contributed by atoms with Gasteiger partial charge in [0.25, 0.3) is 0 Å². The van der Waals surface area contributed by atoms with Gasteiger partial charge in [0.2, 0.25) is 5.91 Å². The Hall–Kier alpha value is -1.88. The van der Waals surface area contributed by atoms with Crippen LogP contribution in [0.2, 0.25) is 0 Å². The zero-order chi connectivity index (χ0) is 12.6. The van der Waals surface area contributed by atoms with Gasteiger partial charge in [-0.1, -0.05) is 17.9 Å². The molecule has 0 saturated heterocycles. The zero-order valence-electron chi connectivity index (χ0n) is 9.61. The molecule has 4 nitrogen and oxygen atoms in total. The molecule has 88 valence electrons. The SMILES string of the molecule is C=CC(=O)Nc1cc2sc(=O)n(C)c2cc1C. The molecule has 5 heteroatoms. The molecular weight excluding hydrogens is 236 g/mol. The number of fused-ring (bicyclic) bond motifs is 1. The van der Waals surface area contributed by atoms with Gasteiger partial charge in [-0.25, -0.2) is 0 Å². The van der Waals surface area contributed by atoms with Crippen LogP contribution in [0.4, 0.5) is 5.69 Å². The summed E-state index contributed by atoms with van der Waals surface area (Å²) in [6.45, 7) is 5.29. The van der Waals surface area contributed by atoms with Crippen molar-refractivity contribution >= 4 is 33.1 Å². The van der Waals surface area contributed by atoms with Crippen LogP contribution in [0.5, 0.6) is 0 Å². The van der Waals surface area contributed by atoms with Crippen LogP contribution in [0.1, 0.15) is 5.56 Å². The molecule has 0 atom stereocenters. The predicted octanol–water partition coefficient (Wildman–Crippen LogP) is 2.03. The summed E-state index contributed by atoms with van der Waals surface area (Å²) in [4.78, 5) is 22.8. The van der Waals surface area contributed by atoms with Gasteiger partial charge in [-0.2, -0.15) is 0 Å². The molecular formula is C12H12N2O2S. The summed E-state index contributed by atoms with van der Waals surface area (Å²) >= 11 is 1.17. The molecule has 0 fully saturated rings. The number of hydrogen-bond donors (Lipinski definition) is 1. The summed E-state index contributed by atoms with van der Waals surface area (Å²) in [6, 6.07) is 3.71. The van der Waals surface area contributed by atoms with Crippen LogP contribution in [-0.2, 0) is 11.8 Å². The lowest BCUT2D eigenvalue weighted by Crippen LogP contribution is -2.09. The molecule has 0 radical (unpaired) electrons. The number of rotatable bonds is 2. The summed E-state index contributed by atoms with van der Waals surface area (Å²) in [5.74, 6) is -0.254. The second kappa shape index (κ2) is 4.18. The average molecular weight is 248 g/mol. The number of amides is 1. The fourth-order valence-corrected chi connectivity index (χ4v) is 2.50. The minimum atomic E-state index is -0.254. The lowest BCUT2D eigenvalue weighted by atomic mass is 10.2. The van der Waals surface area contributed by atoms with Crippen molar-refractivity contribution in [2.75, 3.05) is 5.32 Å². The summed E-state index contributed by atoms with van der Waals surface area (Å²) in [5.41, 5.74) is 2.51. The van der Waals surface area contributed by atoms with Gasteiger partial charge in [-0.05, 0) is 30.7 Å². The van der Waals surface area contributed by atoms with Gasteiger partial charge >= 0.3 is 4.87 Å². The number of nitrogens with one attached hydrogen (secondary N) is 1. The standard InChI is InChI=1S/C12H12N2O2S/c1-4-11(15)13-8-6-10-9(5-7(8)2)14(3)12(16)17-10/h4-6H,1H2,2-3H3,(H,13,15). The van der Waals surface area contributed by atoms with E-state index >= 15 is 0 Å². The maximum atomic E-state index is 11.5. The summed E-state index contributed by atoms with van der Waals surface area (Å²) in [5, 5.41) is 2.72. The highest BCUT2D eigenvalue weighted by Gasteiger charge is 2.08. The molecule has 0 unspecified atom stereocenters. The number of hydrogen-bond acceptors (Lipinski definition) is 3. The number of nitrogens with zero attached hydrogens (tertiary/aromatic N) is 1. The first-order chi connectivity index (χ1) is 8.02. The van der Waals surface area contributed by atoms with E-state index in [4.69, 9.17) is 0 Å². The fourth-order valence-electron chi connectivity index (χ4n) is 1.60. The molecule has 0 aliphatic heterocycles. The molecule has 0 spiro atoms. The zero-order valence-corrected chi connectivity index (χ0v) is 10.4. The Morgan fingerprint density at radius 3 is 2.88 bits per heavy atom. The highest BCUT2D eigenvalue weighted by Crippen LogP contribution is 2.25. The smallest absolute Gasteiger partial charge is 0.307 e. The van der Waals surface area contributed by atoms with Gasteiger partial charge in [-0.3, -0.25) is 9.59 Å². The number of carbonyl (C=O) groups is 1. The van der Waals surface area contributed by atoms with Gasteiger partial charge in [0, 0.05) is 12.7 Å². The Morgan fingerprint density at radius 2 is 2.24 bits per heavy atom. The van der Waals surface area contributed by atoms with Crippen molar-refractivity contribution in [1.29, 1.82) is 0 Å². The molecule has 1 amide bonds. The fraction of sp³-hybridized carbons (Fsp3) is 0.167. The van der Waals surface area contributed by atoms with E-state index in [2.05, 4.69) is 11.9 Å². The summed E-state index contributed by atoms with van der Waals surface area (Å²) in [7, 11) is 1.74. The Balaban J connectivity index is 2.59. The maximum absolute atomic E-state index is 11.5. The van der Waals surface area contributed by atoms with Crippen molar-refractivity contribution in [2.24, 2.45) is 7.05 Å². The number of thiazole rings is 1. The van der Waals surface area contributed by atoms with Crippen molar-refractivity contribution in [3.63, 3.8) is 0 Å². The van der Waals surface area contributed by atoms with E-state index in [-0.39, 0.29) is 10.8 Å². The van der Waals surface area contributed by atoms with Crippen molar-refractivity contribution in [3.8, 4) is 0 Å². The van der Waals surface area contributed by atoms with Crippen LogP contribution in [0.25, 0.3) is 10.2 Å². The molecule has 1 aromatic heterocycles. The highest BCUT2D eigenvalue weighted by atomic mass is 32.1. The molecule has 1 aromatic carbocycles. The minimum absolute atomic E-state index is 0.00778. The van der Waals surface area contributed by atoms with Crippen molar-refractivity contribution < 1.29 is 4.79 Å². The first-order valence-electron chi connectivity index (χ1n) is 5.06. The van der Waals surface area contributed by atoms with E-state index in [9.17, 15) is 9.59 Å². The third-order valence-corrected chi connectivity index (χ3v) is 3.58. The number of benzene rings is 1. The largest absolute Gasteiger partial charge is 0.322 e. The van der Waals surface area contributed by atoms with Gasteiger partial charge in [0.05, 0.1) is 10.2 Å². The molecule has 17 heavy (non-hydrogen) atoms. The van der Waals surface area contributed by atoms with Crippen molar-refractivity contribution in [1.82, 2.24) is 4.57 Å². The average Bonchev–Trinajstić information content (AvgIpc) is 2.56. The van der Waals surface area contributed by atoms with Crippen molar-refractivity contribution in [3.05, 3.63) is 40.0 Å². The third kappa shape index (κ3) is 2.01. The van der Waals surface area contributed by atoms with E-state index in [0.29, 0.717) is 5.69 Å². The van der Waals surface area contributed by atoms with E-state index in [1.807, 2.05) is 19.1 Å². The Morgan fingerprint density at radius 1 is 1.53 bits per heavy atom. The maximum Gasteiger partial charge on any atom is 0.307 e. The van der Waals surface area contributed by atoms with E-state index in [1.165, 1.54) is 17.4 Å². The molecule has 0 saturated carbocycles. The highest BCUT2D eigenvalue weighted by molar-refractivity contribution is 7.16. The second-order valence-electron chi connectivity index (χ2n) is 3.76. The molecule has 1 heterocycles. The van der Waals surface area contributed by atoms with E-state index in [1.54, 1.807) is 11.6 Å². The van der Waals surface area contributed by atoms with Gasteiger partial charge in [0.15, 0.2) is 0 Å². The first-order valence-corrected chi connectivity index (χ1v) is 5.88. The number of carbonyl (C=O) groups excluding carboxylic acids is 1. The quantitative estimate of drug-likeness (QED) is 0.827. The van der Waals surface area contributed by atoms with E-state index < -0.39 is 0 Å². The molecule has 0 bridgehead atoms. The molecule has 2 aromatic rings. The van der Waals surface area contributed by atoms with Gasteiger partial charge in [0.1, 0.15) is 0 Å². The third-order valence-electron chi connectivity index (χ3n) is 2.58. The van der Waals surface area contributed by atoms with Gasteiger partial charge < -0.3 is 9.88 Å². The summed E-state index contributed by atoms with van der Waals surface area (Å²) in [6.07, 6.45) is 1.22. The molecule has 0 aliphatic carbocycles. The Labute approximate surface area is 102 Å². The number of aromatic nitrogens is 1. The lowest BCUT2D eigenvalue weighted by Gasteiger charge is -2.06. The van der Waals surface area contributed by atoms with Crippen LogP contribution < -0.4 is 10.2 Å². The lowest BCUT2D eigenvalue weighted by molar-refractivity contribution is -0.111. The predicted molar refractivity (Wildman–Crippen MR) is 70.6 cm³/mol. The van der Waals surface area contributed by atoms with Crippen LogP contribution in [0.15, 0.2) is 29.6 Å². The monoisotopic (exact) mass is 248 g/mol. The van der Waals surface area contributed by atoms with Crippen LogP contribution >= 0.6 is 11.3 Å². The molecule has 2 rings (SSSR count). The van der Waals surface area contributed by atoms with Crippen LogP contribution in [-0.4, -0.2) is 10.5 Å². The number of anilines is 1.